The van der Waals surface area contributed by atoms with Crippen LogP contribution in [0, 0.1) is 0 Å². The molecule has 0 aromatic heterocycles. The van der Waals surface area contributed by atoms with Crippen LogP contribution in [-0.2, 0) is 20.2 Å². The molecule has 0 aliphatic carbocycles. The minimum Gasteiger partial charge on any atom is -0.397 e. The summed E-state index contributed by atoms with van der Waals surface area (Å²) in [6.45, 7) is 0. The van der Waals surface area contributed by atoms with Crippen molar-refractivity contribution >= 4 is 99.4 Å². The largest absolute Gasteiger partial charge is 0.397 e. The number of nitrogen functional groups attached to an aromatic ring is 2. The molecule has 6 aromatic carbocycles. The lowest BCUT2D eigenvalue weighted by molar-refractivity contribution is 0.481. The maximum atomic E-state index is 12.0. The number of rotatable bonds is 9. The summed E-state index contributed by atoms with van der Waals surface area (Å²) in [6.07, 6.45) is 3.80. The van der Waals surface area contributed by atoms with Gasteiger partial charge in [0.1, 0.15) is 9.79 Å². The zero-order chi connectivity index (χ0) is 35.8. The molecule has 0 unspecified atom stereocenters. The van der Waals surface area contributed by atoms with Crippen molar-refractivity contribution in [1.29, 1.82) is 0 Å². The van der Waals surface area contributed by atoms with E-state index >= 15 is 0 Å². The van der Waals surface area contributed by atoms with Gasteiger partial charge in [0.05, 0.1) is 34.1 Å². The molecule has 0 spiro atoms. The lowest BCUT2D eigenvalue weighted by Gasteiger charge is -2.11. The SMILES string of the molecule is CSc1cc(-c2ccc(N=Nc3cc(S(=O)(=O)O)c(N)c4ccccc34)c(SC)c2)ccc1N=Nc1cc(S(=O)(=O)O)c(N)c2ccccc12. The molecule has 50 heavy (non-hydrogen) atoms. The monoisotopic (exact) mass is 744 g/mol. The number of thioether (sulfide) groups is 2. The van der Waals surface area contributed by atoms with Gasteiger partial charge in [-0.15, -0.1) is 44.0 Å². The molecule has 0 aliphatic heterocycles. The Morgan fingerprint density at radius 3 is 1.18 bits per heavy atom. The van der Waals surface area contributed by atoms with E-state index in [9.17, 15) is 25.9 Å². The van der Waals surface area contributed by atoms with Crippen LogP contribution in [0.3, 0.4) is 0 Å². The average Bonchev–Trinajstić information content (AvgIpc) is 3.10. The van der Waals surface area contributed by atoms with Gasteiger partial charge in [-0.1, -0.05) is 60.7 Å². The molecule has 0 heterocycles. The van der Waals surface area contributed by atoms with Crippen LogP contribution in [0.1, 0.15) is 0 Å². The molecule has 0 saturated carbocycles. The third-order valence-electron chi connectivity index (χ3n) is 7.83. The molecule has 0 amide bonds. The summed E-state index contributed by atoms with van der Waals surface area (Å²) in [4.78, 5) is 0.728. The Kier molecular flexibility index (Phi) is 9.67. The first-order valence-corrected chi connectivity index (χ1v) is 19.9. The van der Waals surface area contributed by atoms with Crippen LogP contribution in [0.15, 0.2) is 137 Å². The number of azo groups is 2. The molecule has 0 saturated heterocycles. The molecule has 12 nitrogen and oxygen atoms in total. The summed E-state index contributed by atoms with van der Waals surface area (Å²) in [7, 11) is -9.21. The topological polar surface area (TPSA) is 210 Å². The van der Waals surface area contributed by atoms with Gasteiger partial charge in [0, 0.05) is 31.3 Å². The first kappa shape index (κ1) is 35.0. The van der Waals surface area contributed by atoms with Gasteiger partial charge in [-0.2, -0.15) is 16.8 Å². The highest BCUT2D eigenvalue weighted by Gasteiger charge is 2.20. The van der Waals surface area contributed by atoms with Crippen molar-refractivity contribution in [3.8, 4) is 11.1 Å². The normalized spacial score (nSPS) is 12.5. The Morgan fingerprint density at radius 2 is 0.840 bits per heavy atom. The van der Waals surface area contributed by atoms with Crippen molar-refractivity contribution in [2.45, 2.75) is 19.6 Å². The fourth-order valence-corrected chi connectivity index (χ4v) is 7.82. The Balaban J connectivity index is 1.34. The second kappa shape index (κ2) is 13.8. The highest BCUT2D eigenvalue weighted by Crippen LogP contribution is 2.41. The fourth-order valence-electron chi connectivity index (χ4n) is 5.39. The summed E-state index contributed by atoms with van der Waals surface area (Å²) in [5, 5.41) is 19.6. The number of nitrogens with zero attached hydrogens (tertiary/aromatic N) is 4. The number of anilines is 2. The Morgan fingerprint density at radius 1 is 0.500 bits per heavy atom. The first-order valence-electron chi connectivity index (χ1n) is 14.6. The van der Waals surface area contributed by atoms with E-state index < -0.39 is 30.0 Å². The maximum absolute atomic E-state index is 12.0. The molecule has 0 atom stereocenters. The standard InChI is InChI=1S/C34H28N6O6S4/c1-47-29-15-19(11-13-25(29)37-39-27-17-31(49(41,42)43)33(35)23-9-5-3-7-21(23)27)20-12-14-26(30(16-20)48-2)38-40-28-18-32(50(44,45)46)34(36)24-10-6-4-8-22(24)28/h3-18H,35-36H2,1-2H3,(H,41,42,43)(H,44,45,46). The van der Waals surface area contributed by atoms with Crippen LogP contribution in [0.5, 0.6) is 0 Å². The van der Waals surface area contributed by atoms with Crippen LogP contribution in [0.25, 0.3) is 32.7 Å². The van der Waals surface area contributed by atoms with Gasteiger partial charge in [-0.05, 0) is 60.0 Å². The maximum Gasteiger partial charge on any atom is 0.296 e. The lowest BCUT2D eigenvalue weighted by Crippen LogP contribution is -2.03. The lowest BCUT2D eigenvalue weighted by atomic mass is 10.0. The van der Waals surface area contributed by atoms with E-state index in [1.807, 2.05) is 36.8 Å². The number of nitrogens with two attached hydrogens (primary N) is 2. The van der Waals surface area contributed by atoms with Gasteiger partial charge in [0.2, 0.25) is 0 Å². The average molecular weight is 745 g/mol. The van der Waals surface area contributed by atoms with Gasteiger partial charge in [-0.25, -0.2) is 0 Å². The summed E-state index contributed by atoms with van der Waals surface area (Å²) in [5.41, 5.74) is 15.3. The second-order valence-electron chi connectivity index (χ2n) is 10.8. The van der Waals surface area contributed by atoms with Crippen molar-refractivity contribution in [3.63, 3.8) is 0 Å². The molecule has 6 rings (SSSR count). The van der Waals surface area contributed by atoms with Crippen molar-refractivity contribution in [3.05, 3.63) is 97.1 Å². The smallest absolute Gasteiger partial charge is 0.296 e. The van der Waals surface area contributed by atoms with Crippen LogP contribution >= 0.6 is 23.5 Å². The zero-order valence-corrected chi connectivity index (χ0v) is 29.6. The fraction of sp³-hybridized carbons (Fsp3) is 0.0588. The Bertz CT molecular complexity index is 2430. The van der Waals surface area contributed by atoms with Crippen LogP contribution in [0.4, 0.5) is 34.1 Å². The highest BCUT2D eigenvalue weighted by molar-refractivity contribution is 7.99. The van der Waals surface area contributed by atoms with Gasteiger partial charge in [0.25, 0.3) is 20.2 Å². The van der Waals surface area contributed by atoms with E-state index in [0.717, 1.165) is 20.9 Å². The van der Waals surface area contributed by atoms with Gasteiger partial charge < -0.3 is 11.5 Å². The van der Waals surface area contributed by atoms with E-state index in [4.69, 9.17) is 11.5 Å². The summed E-state index contributed by atoms with van der Waals surface area (Å²) in [6, 6.07) is 27.4. The molecule has 0 bridgehead atoms. The van der Waals surface area contributed by atoms with Crippen LogP contribution < -0.4 is 11.5 Å². The van der Waals surface area contributed by atoms with E-state index in [1.165, 1.54) is 35.7 Å². The molecular weight excluding hydrogens is 717 g/mol. The molecular formula is C34H28N6O6S4. The number of hydrogen-bond donors (Lipinski definition) is 4. The minimum absolute atomic E-state index is 0.0710. The quantitative estimate of drug-likeness (QED) is 0.0476. The van der Waals surface area contributed by atoms with Crippen LogP contribution in [0.2, 0.25) is 0 Å². The zero-order valence-electron chi connectivity index (χ0n) is 26.3. The third kappa shape index (κ3) is 6.94. The van der Waals surface area contributed by atoms with Crippen molar-refractivity contribution in [2.24, 2.45) is 20.5 Å². The first-order chi connectivity index (χ1) is 23.8. The van der Waals surface area contributed by atoms with Crippen LogP contribution in [-0.4, -0.2) is 38.5 Å². The van der Waals surface area contributed by atoms with Crippen molar-refractivity contribution in [2.75, 3.05) is 24.0 Å². The van der Waals surface area contributed by atoms with E-state index in [1.54, 1.807) is 60.7 Å². The molecule has 6 aromatic rings. The van der Waals surface area contributed by atoms with Gasteiger partial charge in [-0.3, -0.25) is 9.11 Å². The minimum atomic E-state index is -4.60. The Labute approximate surface area is 296 Å². The van der Waals surface area contributed by atoms with Gasteiger partial charge in [0.15, 0.2) is 0 Å². The number of hydrogen-bond acceptors (Lipinski definition) is 12. The van der Waals surface area contributed by atoms with E-state index in [0.29, 0.717) is 32.9 Å². The predicted octanol–water partition coefficient (Wildman–Crippen LogP) is 9.59. The second-order valence-corrected chi connectivity index (χ2v) is 15.3. The summed E-state index contributed by atoms with van der Waals surface area (Å²) < 4.78 is 67.6. The number of fused-ring (bicyclic) bond motifs is 2. The highest BCUT2D eigenvalue weighted by atomic mass is 32.2. The third-order valence-corrected chi connectivity index (χ3v) is 11.2. The molecule has 254 valence electrons. The molecule has 0 radical (unpaired) electrons. The van der Waals surface area contributed by atoms with E-state index in [2.05, 4.69) is 20.5 Å². The van der Waals surface area contributed by atoms with Crippen molar-refractivity contribution < 1.29 is 25.9 Å². The molecule has 0 aliphatic rings. The number of benzene rings is 6. The summed E-state index contributed by atoms with van der Waals surface area (Å²) >= 11 is 2.92. The predicted molar refractivity (Wildman–Crippen MR) is 200 cm³/mol. The Hall–Kier alpha value is -4.84. The molecule has 0 fully saturated rings. The van der Waals surface area contributed by atoms with E-state index in [-0.39, 0.29) is 22.7 Å². The molecule has 6 N–H and O–H groups in total. The van der Waals surface area contributed by atoms with Gasteiger partial charge >= 0.3 is 0 Å². The van der Waals surface area contributed by atoms with Crippen molar-refractivity contribution in [1.82, 2.24) is 0 Å². The molecule has 16 heteroatoms. The summed E-state index contributed by atoms with van der Waals surface area (Å²) in [5.74, 6) is 0.